The van der Waals surface area contributed by atoms with Crippen LogP contribution >= 0.6 is 0 Å². The van der Waals surface area contributed by atoms with E-state index in [4.69, 9.17) is 11.1 Å². The van der Waals surface area contributed by atoms with E-state index >= 15 is 0 Å². The Bertz CT molecular complexity index is 768. The summed E-state index contributed by atoms with van der Waals surface area (Å²) < 4.78 is 0. The van der Waals surface area contributed by atoms with Gasteiger partial charge in [-0.3, -0.25) is 5.41 Å². The Morgan fingerprint density at radius 3 is 1.44 bits per heavy atom. The Hall–Kier alpha value is -2.42. The van der Waals surface area contributed by atoms with Gasteiger partial charge in [0.05, 0.1) is 0 Å². The number of nitrogens with two attached hydrogens (primary N) is 1. The maximum atomic E-state index is 8.21. The Morgan fingerprint density at radius 1 is 0.720 bits per heavy atom. The van der Waals surface area contributed by atoms with Gasteiger partial charge in [-0.15, -0.1) is 0 Å². The average Bonchev–Trinajstić information content (AvgIpc) is 2.53. The third-order valence-corrected chi connectivity index (χ3v) is 4.30. The van der Waals surface area contributed by atoms with E-state index in [9.17, 15) is 0 Å². The molecule has 3 nitrogen and oxygen atoms in total. The molecule has 0 fully saturated rings. The van der Waals surface area contributed by atoms with Crippen molar-refractivity contribution in [2.24, 2.45) is 10.7 Å². The van der Waals surface area contributed by atoms with Gasteiger partial charge in [-0.1, -0.05) is 90.1 Å². The molecule has 0 aliphatic rings. The van der Waals surface area contributed by atoms with Crippen LogP contribution in [0.5, 0.6) is 0 Å². The predicted octanol–water partition coefficient (Wildman–Crippen LogP) is 5.01. The van der Waals surface area contributed by atoms with E-state index in [2.05, 4.69) is 58.7 Å². The van der Waals surface area contributed by atoms with E-state index in [0.717, 1.165) is 11.1 Å². The molecule has 0 saturated heterocycles. The van der Waals surface area contributed by atoms with Crippen LogP contribution in [0.2, 0.25) is 0 Å². The quantitative estimate of drug-likeness (QED) is 0.588. The van der Waals surface area contributed by atoms with Gasteiger partial charge in [-0.2, -0.15) is 0 Å². The molecule has 0 amide bonds. The summed E-state index contributed by atoms with van der Waals surface area (Å²) in [7, 11) is 0. The summed E-state index contributed by atoms with van der Waals surface area (Å²) in [6, 6.07) is 16.0. The maximum absolute atomic E-state index is 8.21. The van der Waals surface area contributed by atoms with Crippen molar-refractivity contribution in [1.29, 1.82) is 5.41 Å². The van der Waals surface area contributed by atoms with Crippen molar-refractivity contribution in [3.8, 4) is 0 Å². The fourth-order valence-corrected chi connectivity index (χ4v) is 2.52. The van der Waals surface area contributed by atoms with Gasteiger partial charge in [0.25, 0.3) is 0 Å². The molecule has 0 bridgehead atoms. The van der Waals surface area contributed by atoms with E-state index in [-0.39, 0.29) is 16.7 Å². The number of hydrogen-bond acceptors (Lipinski definition) is 1. The van der Waals surface area contributed by atoms with E-state index in [0.29, 0.717) is 5.84 Å². The van der Waals surface area contributed by atoms with Gasteiger partial charge in [0.15, 0.2) is 5.84 Å². The highest BCUT2D eigenvalue weighted by atomic mass is 14.9. The fourth-order valence-electron chi connectivity index (χ4n) is 2.52. The topological polar surface area (TPSA) is 62.2 Å². The second kappa shape index (κ2) is 6.83. The second-order valence-corrected chi connectivity index (χ2v) is 8.50. The van der Waals surface area contributed by atoms with Crippen LogP contribution in [0.1, 0.15) is 63.8 Å². The van der Waals surface area contributed by atoms with Crippen molar-refractivity contribution in [1.82, 2.24) is 0 Å². The number of nitrogens with one attached hydrogen (secondary N) is 1. The first kappa shape index (κ1) is 18.9. The lowest BCUT2D eigenvalue weighted by Gasteiger charge is -2.19. The van der Waals surface area contributed by atoms with Crippen molar-refractivity contribution in [3.63, 3.8) is 0 Å². The standard InChI is InChI=1S/C22H29N3/c1-21(2,3)17-11-7-15(8-12-17)19(23)25-20(24)16-9-13-18(14-10-16)22(4,5)6/h7-14H,1-6H3,(H3,23,24,25). The number of hydrogen-bond donors (Lipinski definition) is 2. The van der Waals surface area contributed by atoms with Gasteiger partial charge in [0, 0.05) is 11.1 Å². The Labute approximate surface area is 151 Å². The number of aliphatic imine (C=N–C) groups is 1. The lowest BCUT2D eigenvalue weighted by molar-refractivity contribution is 0.590. The minimum atomic E-state index is 0.0951. The van der Waals surface area contributed by atoms with Crippen LogP contribution in [0.15, 0.2) is 53.5 Å². The minimum Gasteiger partial charge on any atom is -0.383 e. The molecule has 0 aromatic heterocycles. The van der Waals surface area contributed by atoms with E-state index in [1.807, 2.05) is 36.4 Å². The number of rotatable bonds is 2. The summed E-state index contributed by atoms with van der Waals surface area (Å²) in [5.74, 6) is 0.545. The molecular weight excluding hydrogens is 306 g/mol. The lowest BCUT2D eigenvalue weighted by atomic mass is 9.86. The molecule has 2 aromatic carbocycles. The van der Waals surface area contributed by atoms with Gasteiger partial charge in [0.2, 0.25) is 0 Å². The second-order valence-electron chi connectivity index (χ2n) is 8.50. The van der Waals surface area contributed by atoms with Crippen LogP contribution in [0, 0.1) is 5.41 Å². The van der Waals surface area contributed by atoms with Crippen molar-refractivity contribution < 1.29 is 0 Å². The van der Waals surface area contributed by atoms with Crippen LogP contribution in [-0.2, 0) is 10.8 Å². The molecule has 0 atom stereocenters. The molecule has 25 heavy (non-hydrogen) atoms. The minimum absolute atomic E-state index is 0.0951. The first-order valence-corrected chi connectivity index (χ1v) is 8.63. The first-order valence-electron chi connectivity index (χ1n) is 8.63. The van der Waals surface area contributed by atoms with Gasteiger partial charge in [0.1, 0.15) is 5.84 Å². The molecule has 0 heterocycles. The number of amidine groups is 2. The molecule has 0 unspecified atom stereocenters. The monoisotopic (exact) mass is 335 g/mol. The molecule has 3 heteroatoms. The molecule has 2 aromatic rings. The van der Waals surface area contributed by atoms with Gasteiger partial charge >= 0.3 is 0 Å². The van der Waals surface area contributed by atoms with Crippen LogP contribution in [0.25, 0.3) is 0 Å². The van der Waals surface area contributed by atoms with Crippen LogP contribution in [0.3, 0.4) is 0 Å². The van der Waals surface area contributed by atoms with Gasteiger partial charge < -0.3 is 5.73 Å². The fraction of sp³-hybridized carbons (Fsp3) is 0.364. The zero-order chi connectivity index (χ0) is 18.8. The highest BCUT2D eigenvalue weighted by Crippen LogP contribution is 2.23. The van der Waals surface area contributed by atoms with Crippen LogP contribution in [-0.4, -0.2) is 11.7 Å². The molecule has 0 aliphatic heterocycles. The highest BCUT2D eigenvalue weighted by Gasteiger charge is 2.15. The molecule has 0 spiro atoms. The van der Waals surface area contributed by atoms with Crippen molar-refractivity contribution >= 4 is 11.7 Å². The predicted molar refractivity (Wildman–Crippen MR) is 108 cm³/mol. The van der Waals surface area contributed by atoms with Crippen molar-refractivity contribution in [2.75, 3.05) is 0 Å². The molecule has 2 rings (SSSR count). The summed E-state index contributed by atoms with van der Waals surface area (Å²) in [4.78, 5) is 4.28. The van der Waals surface area contributed by atoms with Crippen molar-refractivity contribution in [3.05, 3.63) is 70.8 Å². The lowest BCUT2D eigenvalue weighted by Crippen LogP contribution is -2.17. The van der Waals surface area contributed by atoms with Crippen molar-refractivity contribution in [2.45, 2.75) is 52.4 Å². The average molecular weight is 335 g/mol. The van der Waals surface area contributed by atoms with E-state index in [1.54, 1.807) is 0 Å². The summed E-state index contributed by atoms with van der Waals surface area (Å²) >= 11 is 0. The first-order chi connectivity index (χ1) is 11.5. The van der Waals surface area contributed by atoms with Gasteiger partial charge in [-0.05, 0) is 22.0 Å². The van der Waals surface area contributed by atoms with E-state index in [1.165, 1.54) is 11.1 Å². The molecule has 0 saturated carbocycles. The van der Waals surface area contributed by atoms with Crippen LogP contribution < -0.4 is 5.73 Å². The normalized spacial score (nSPS) is 13.0. The molecule has 0 aliphatic carbocycles. The largest absolute Gasteiger partial charge is 0.383 e. The molecular formula is C22H29N3. The highest BCUT2D eigenvalue weighted by molar-refractivity contribution is 6.09. The van der Waals surface area contributed by atoms with Crippen LogP contribution in [0.4, 0.5) is 0 Å². The third kappa shape index (κ3) is 4.79. The summed E-state index contributed by atoms with van der Waals surface area (Å²) in [6.07, 6.45) is 0. The zero-order valence-electron chi connectivity index (χ0n) is 16.1. The van der Waals surface area contributed by atoms with E-state index < -0.39 is 0 Å². The Morgan fingerprint density at radius 2 is 1.08 bits per heavy atom. The Balaban J connectivity index is 2.20. The molecule has 132 valence electrons. The number of benzene rings is 2. The molecule has 0 radical (unpaired) electrons. The maximum Gasteiger partial charge on any atom is 0.154 e. The Kier molecular flexibility index (Phi) is 5.17. The molecule has 3 N–H and O–H groups in total. The third-order valence-electron chi connectivity index (χ3n) is 4.30. The summed E-state index contributed by atoms with van der Waals surface area (Å²) in [5, 5.41) is 8.21. The summed E-state index contributed by atoms with van der Waals surface area (Å²) in [5.41, 5.74) is 10.4. The summed E-state index contributed by atoms with van der Waals surface area (Å²) in [6.45, 7) is 13.0. The number of nitrogens with zero attached hydrogens (tertiary/aromatic N) is 1. The SMILES string of the molecule is CC(C)(C)c1ccc(C(=N)/N=C(\N)c2ccc(C(C)(C)C)cc2)cc1. The smallest absolute Gasteiger partial charge is 0.154 e. The zero-order valence-corrected chi connectivity index (χ0v) is 16.1. The van der Waals surface area contributed by atoms with Gasteiger partial charge in [-0.25, -0.2) is 4.99 Å².